The molecule has 1 heterocycles. The number of hydrogen-bond acceptors (Lipinski definition) is 3. The Morgan fingerprint density at radius 1 is 1.40 bits per heavy atom. The lowest BCUT2D eigenvalue weighted by atomic mass is 9.96. The van der Waals surface area contributed by atoms with E-state index < -0.39 is 0 Å². The minimum Gasteiger partial charge on any atom is -0.398 e. The Morgan fingerprint density at radius 3 is 2.65 bits per heavy atom. The average Bonchev–Trinajstić information content (AvgIpc) is 2.40. The van der Waals surface area contributed by atoms with E-state index in [-0.39, 0.29) is 5.91 Å². The number of carbonyl (C=O) groups excluding carboxylic acids is 1. The van der Waals surface area contributed by atoms with Crippen LogP contribution in [-0.2, 0) is 0 Å². The third-order valence-corrected chi connectivity index (χ3v) is 4.15. The van der Waals surface area contributed by atoms with Crippen molar-refractivity contribution in [3.05, 3.63) is 29.3 Å². The van der Waals surface area contributed by atoms with Crippen LogP contribution in [0.5, 0.6) is 0 Å². The summed E-state index contributed by atoms with van der Waals surface area (Å²) in [5.41, 5.74) is 8.23. The molecule has 1 fully saturated rings. The van der Waals surface area contributed by atoms with Crippen LogP contribution in [0, 0.1) is 12.8 Å². The van der Waals surface area contributed by atoms with E-state index >= 15 is 0 Å². The van der Waals surface area contributed by atoms with E-state index in [4.69, 9.17) is 5.73 Å². The van der Waals surface area contributed by atoms with Gasteiger partial charge >= 0.3 is 0 Å². The summed E-state index contributed by atoms with van der Waals surface area (Å²) in [6.07, 6.45) is 2.33. The fourth-order valence-electron chi connectivity index (χ4n) is 2.80. The molecular formula is C16H25N3O. The highest BCUT2D eigenvalue weighted by molar-refractivity contribution is 5.99. The molecule has 0 atom stereocenters. The van der Waals surface area contributed by atoms with Gasteiger partial charge in [-0.15, -0.1) is 0 Å². The molecule has 1 amide bonds. The standard InChI is InChI=1S/C16H25N3O/c1-12-4-5-14(15(17)10-12)16(20)19(3)11-13-6-8-18(2)9-7-13/h4-5,10,13H,6-9,11,17H2,1-3H3. The number of carbonyl (C=O) groups is 1. The number of nitrogen functional groups attached to an aromatic ring is 1. The Kier molecular flexibility index (Phi) is 4.65. The maximum atomic E-state index is 12.5. The predicted molar refractivity (Wildman–Crippen MR) is 82.8 cm³/mol. The summed E-state index contributed by atoms with van der Waals surface area (Å²) < 4.78 is 0. The van der Waals surface area contributed by atoms with Gasteiger partial charge in [0.2, 0.25) is 0 Å². The number of likely N-dealkylation sites (tertiary alicyclic amines) is 1. The van der Waals surface area contributed by atoms with Crippen molar-refractivity contribution < 1.29 is 4.79 Å². The SMILES string of the molecule is Cc1ccc(C(=O)N(C)CC2CCN(C)CC2)c(N)c1. The van der Waals surface area contributed by atoms with E-state index in [1.165, 1.54) is 0 Å². The highest BCUT2D eigenvalue weighted by atomic mass is 16.2. The molecule has 1 aliphatic rings. The van der Waals surface area contributed by atoms with Gasteiger partial charge in [0.25, 0.3) is 5.91 Å². The molecule has 0 aliphatic carbocycles. The number of nitrogens with two attached hydrogens (primary N) is 1. The molecule has 0 saturated carbocycles. The van der Waals surface area contributed by atoms with Crippen molar-refractivity contribution >= 4 is 11.6 Å². The number of benzene rings is 1. The number of aryl methyl sites for hydroxylation is 1. The molecule has 110 valence electrons. The highest BCUT2D eigenvalue weighted by Crippen LogP contribution is 2.20. The first-order valence-corrected chi connectivity index (χ1v) is 7.27. The molecule has 1 aromatic rings. The van der Waals surface area contributed by atoms with Gasteiger partial charge in [-0.2, -0.15) is 0 Å². The number of rotatable bonds is 3. The molecule has 1 aromatic carbocycles. The topological polar surface area (TPSA) is 49.6 Å². The monoisotopic (exact) mass is 275 g/mol. The summed E-state index contributed by atoms with van der Waals surface area (Å²) in [6, 6.07) is 5.63. The number of piperidine rings is 1. The van der Waals surface area contributed by atoms with Crippen molar-refractivity contribution in [2.45, 2.75) is 19.8 Å². The second-order valence-corrected chi connectivity index (χ2v) is 6.02. The first kappa shape index (κ1) is 14.9. The van der Waals surface area contributed by atoms with Gasteiger partial charge in [0, 0.05) is 19.3 Å². The lowest BCUT2D eigenvalue weighted by Crippen LogP contribution is -2.38. The largest absolute Gasteiger partial charge is 0.398 e. The molecule has 4 nitrogen and oxygen atoms in total. The van der Waals surface area contributed by atoms with Crippen LogP contribution in [0.1, 0.15) is 28.8 Å². The van der Waals surface area contributed by atoms with Gasteiger partial charge in [-0.1, -0.05) is 6.07 Å². The van der Waals surface area contributed by atoms with Crippen molar-refractivity contribution in [2.75, 3.05) is 39.5 Å². The second kappa shape index (κ2) is 6.27. The van der Waals surface area contributed by atoms with Gasteiger partial charge in [0.05, 0.1) is 5.56 Å². The van der Waals surface area contributed by atoms with E-state index in [9.17, 15) is 4.79 Å². The molecule has 2 rings (SSSR count). The van der Waals surface area contributed by atoms with Gasteiger partial charge < -0.3 is 15.5 Å². The fourth-order valence-corrected chi connectivity index (χ4v) is 2.80. The summed E-state index contributed by atoms with van der Waals surface area (Å²) in [7, 11) is 4.03. The normalized spacial score (nSPS) is 17.1. The molecule has 0 aromatic heterocycles. The Balaban J connectivity index is 1.98. The van der Waals surface area contributed by atoms with Crippen LogP contribution in [0.15, 0.2) is 18.2 Å². The Bertz CT molecular complexity index is 479. The van der Waals surface area contributed by atoms with E-state index in [0.29, 0.717) is 17.2 Å². The summed E-state index contributed by atoms with van der Waals surface area (Å²) >= 11 is 0. The zero-order chi connectivity index (χ0) is 14.7. The smallest absolute Gasteiger partial charge is 0.255 e. The predicted octanol–water partition coefficient (Wildman–Crippen LogP) is 1.99. The number of amides is 1. The Morgan fingerprint density at radius 2 is 2.05 bits per heavy atom. The van der Waals surface area contributed by atoms with Crippen LogP contribution >= 0.6 is 0 Å². The van der Waals surface area contributed by atoms with Gasteiger partial charge in [-0.3, -0.25) is 4.79 Å². The second-order valence-electron chi connectivity index (χ2n) is 6.02. The Hall–Kier alpha value is -1.55. The van der Waals surface area contributed by atoms with Crippen molar-refractivity contribution in [1.29, 1.82) is 0 Å². The lowest BCUT2D eigenvalue weighted by molar-refractivity contribution is 0.0748. The zero-order valence-corrected chi connectivity index (χ0v) is 12.7. The van der Waals surface area contributed by atoms with Gasteiger partial charge in [-0.05, 0) is 63.5 Å². The van der Waals surface area contributed by atoms with E-state index in [1.54, 1.807) is 0 Å². The summed E-state index contributed by atoms with van der Waals surface area (Å²) in [5.74, 6) is 0.633. The molecule has 0 unspecified atom stereocenters. The molecule has 20 heavy (non-hydrogen) atoms. The van der Waals surface area contributed by atoms with Crippen LogP contribution in [0.2, 0.25) is 0 Å². The van der Waals surface area contributed by atoms with Crippen molar-refractivity contribution in [3.63, 3.8) is 0 Å². The summed E-state index contributed by atoms with van der Waals surface area (Å²) in [5, 5.41) is 0. The molecule has 0 spiro atoms. The van der Waals surface area contributed by atoms with Crippen LogP contribution in [0.3, 0.4) is 0 Å². The average molecular weight is 275 g/mol. The highest BCUT2D eigenvalue weighted by Gasteiger charge is 2.21. The number of anilines is 1. The van der Waals surface area contributed by atoms with E-state index in [2.05, 4.69) is 11.9 Å². The molecule has 0 bridgehead atoms. The lowest BCUT2D eigenvalue weighted by Gasteiger charge is -2.31. The molecule has 1 aliphatic heterocycles. The van der Waals surface area contributed by atoms with Crippen LogP contribution < -0.4 is 5.73 Å². The quantitative estimate of drug-likeness (QED) is 0.858. The molecule has 1 saturated heterocycles. The summed E-state index contributed by atoms with van der Waals surface area (Å²) in [6.45, 7) is 5.05. The van der Waals surface area contributed by atoms with Crippen molar-refractivity contribution in [3.8, 4) is 0 Å². The number of nitrogens with zero attached hydrogens (tertiary/aromatic N) is 2. The third kappa shape index (κ3) is 3.51. The van der Waals surface area contributed by atoms with Crippen molar-refractivity contribution in [2.24, 2.45) is 5.92 Å². The van der Waals surface area contributed by atoms with Crippen LogP contribution in [0.25, 0.3) is 0 Å². The van der Waals surface area contributed by atoms with Crippen molar-refractivity contribution in [1.82, 2.24) is 9.80 Å². The summed E-state index contributed by atoms with van der Waals surface area (Å²) in [4.78, 5) is 16.6. The molecule has 4 heteroatoms. The fraction of sp³-hybridized carbons (Fsp3) is 0.562. The van der Waals surface area contributed by atoms with Gasteiger partial charge in [0.15, 0.2) is 0 Å². The maximum Gasteiger partial charge on any atom is 0.255 e. The number of hydrogen-bond donors (Lipinski definition) is 1. The Labute approximate surface area is 121 Å². The third-order valence-electron chi connectivity index (χ3n) is 4.15. The van der Waals surface area contributed by atoms with Gasteiger partial charge in [-0.25, -0.2) is 0 Å². The first-order valence-electron chi connectivity index (χ1n) is 7.27. The molecule has 0 radical (unpaired) electrons. The van der Waals surface area contributed by atoms with Gasteiger partial charge in [0.1, 0.15) is 0 Å². The zero-order valence-electron chi connectivity index (χ0n) is 12.7. The minimum atomic E-state index is 0.0291. The minimum absolute atomic E-state index is 0.0291. The maximum absolute atomic E-state index is 12.5. The first-order chi connectivity index (χ1) is 9.47. The molecule has 2 N–H and O–H groups in total. The molecular weight excluding hydrogens is 250 g/mol. The van der Waals surface area contributed by atoms with E-state index in [1.807, 2.05) is 37.1 Å². The van der Waals surface area contributed by atoms with E-state index in [0.717, 1.165) is 38.0 Å². The van der Waals surface area contributed by atoms with Crippen LogP contribution in [-0.4, -0.2) is 49.4 Å². The van der Waals surface area contributed by atoms with Crippen LogP contribution in [0.4, 0.5) is 5.69 Å².